The summed E-state index contributed by atoms with van der Waals surface area (Å²) in [7, 11) is 0. The summed E-state index contributed by atoms with van der Waals surface area (Å²) < 4.78 is 21.7. The molecule has 1 atom stereocenters. The number of benzene rings is 2. The molecule has 3 heterocycles. The van der Waals surface area contributed by atoms with Gasteiger partial charge in [-0.2, -0.15) is 4.98 Å². The van der Waals surface area contributed by atoms with Crippen molar-refractivity contribution < 1.29 is 23.5 Å². The molecule has 8 heteroatoms. The van der Waals surface area contributed by atoms with E-state index in [1.54, 1.807) is 4.90 Å². The Morgan fingerprint density at radius 1 is 1.14 bits per heavy atom. The standard InChI is InChI=1S/C21H19N3O5/c1-2-26-16-6-3-13(4-7-16)20-22-21(29-23-20)14-9-19(25)24(11-14)15-5-8-17-18(10-15)28-12-27-17/h3-8,10,14H,2,9,11-12H2,1H3/t14-/m0/s1. The minimum atomic E-state index is -0.156. The van der Waals surface area contributed by atoms with Gasteiger partial charge in [-0.15, -0.1) is 0 Å². The Labute approximate surface area is 167 Å². The third-order valence-corrected chi connectivity index (χ3v) is 5.01. The van der Waals surface area contributed by atoms with Crippen molar-refractivity contribution in [3.05, 3.63) is 48.4 Å². The molecule has 0 unspecified atom stereocenters. The van der Waals surface area contributed by atoms with Crippen LogP contribution in [0.15, 0.2) is 47.0 Å². The van der Waals surface area contributed by atoms with Crippen LogP contribution in [0.3, 0.4) is 0 Å². The van der Waals surface area contributed by atoms with E-state index in [1.807, 2.05) is 49.4 Å². The normalized spacial score (nSPS) is 17.8. The number of rotatable bonds is 5. The summed E-state index contributed by atoms with van der Waals surface area (Å²) in [6.45, 7) is 3.23. The Morgan fingerprint density at radius 2 is 1.97 bits per heavy atom. The van der Waals surface area contributed by atoms with Gasteiger partial charge in [-0.25, -0.2) is 0 Å². The van der Waals surface area contributed by atoms with Gasteiger partial charge in [0.1, 0.15) is 5.75 Å². The molecule has 0 N–H and O–H groups in total. The highest BCUT2D eigenvalue weighted by molar-refractivity contribution is 5.96. The summed E-state index contributed by atoms with van der Waals surface area (Å²) in [6.07, 6.45) is 0.319. The van der Waals surface area contributed by atoms with Crippen molar-refractivity contribution in [1.29, 1.82) is 0 Å². The second-order valence-corrected chi connectivity index (χ2v) is 6.86. The Balaban J connectivity index is 1.33. The highest BCUT2D eigenvalue weighted by atomic mass is 16.7. The molecular weight excluding hydrogens is 374 g/mol. The number of nitrogens with zero attached hydrogens (tertiary/aromatic N) is 3. The zero-order chi connectivity index (χ0) is 19.8. The molecule has 1 fully saturated rings. The number of carbonyl (C=O) groups excluding carboxylic acids is 1. The molecule has 29 heavy (non-hydrogen) atoms. The fourth-order valence-corrected chi connectivity index (χ4v) is 3.56. The summed E-state index contributed by atoms with van der Waals surface area (Å²) in [5, 5.41) is 4.08. The smallest absolute Gasteiger partial charge is 0.232 e. The SMILES string of the molecule is CCOc1ccc(-c2noc([C@H]3CC(=O)N(c4ccc5c(c4)OCO5)C3)n2)cc1. The Bertz CT molecular complexity index is 1050. The first-order valence-corrected chi connectivity index (χ1v) is 9.48. The molecule has 8 nitrogen and oxygen atoms in total. The van der Waals surface area contributed by atoms with E-state index in [0.717, 1.165) is 17.0 Å². The summed E-state index contributed by atoms with van der Waals surface area (Å²) in [5.41, 5.74) is 1.61. The fraction of sp³-hybridized carbons (Fsp3) is 0.286. The van der Waals surface area contributed by atoms with E-state index < -0.39 is 0 Å². The first-order chi connectivity index (χ1) is 14.2. The van der Waals surface area contributed by atoms with Gasteiger partial charge in [-0.05, 0) is 43.3 Å². The Morgan fingerprint density at radius 3 is 2.79 bits per heavy atom. The van der Waals surface area contributed by atoms with Gasteiger partial charge < -0.3 is 23.6 Å². The van der Waals surface area contributed by atoms with Crippen LogP contribution in [0.5, 0.6) is 17.2 Å². The summed E-state index contributed by atoms with van der Waals surface area (Å²) in [5.74, 6) is 2.94. The number of fused-ring (bicyclic) bond motifs is 1. The molecule has 5 rings (SSSR count). The van der Waals surface area contributed by atoms with Crippen molar-refractivity contribution in [2.24, 2.45) is 0 Å². The highest BCUT2D eigenvalue weighted by Gasteiger charge is 2.35. The average molecular weight is 393 g/mol. The van der Waals surface area contributed by atoms with Gasteiger partial charge in [0.05, 0.1) is 12.5 Å². The van der Waals surface area contributed by atoms with Gasteiger partial charge in [0, 0.05) is 30.3 Å². The number of ether oxygens (including phenoxy) is 3. The van der Waals surface area contributed by atoms with E-state index in [-0.39, 0.29) is 18.6 Å². The van der Waals surface area contributed by atoms with E-state index in [2.05, 4.69) is 10.1 Å². The summed E-state index contributed by atoms with van der Waals surface area (Å²) >= 11 is 0. The largest absolute Gasteiger partial charge is 0.494 e. The Hall–Kier alpha value is -3.55. The lowest BCUT2D eigenvalue weighted by molar-refractivity contribution is -0.117. The third-order valence-electron chi connectivity index (χ3n) is 5.01. The molecule has 0 spiro atoms. The van der Waals surface area contributed by atoms with Gasteiger partial charge in [0.15, 0.2) is 11.5 Å². The number of hydrogen-bond donors (Lipinski definition) is 0. The van der Waals surface area contributed by atoms with E-state index in [0.29, 0.717) is 42.8 Å². The molecule has 0 bridgehead atoms. The maximum atomic E-state index is 12.6. The fourth-order valence-electron chi connectivity index (χ4n) is 3.56. The number of anilines is 1. The molecule has 2 aromatic carbocycles. The minimum Gasteiger partial charge on any atom is -0.494 e. The molecule has 3 aromatic rings. The molecule has 0 saturated carbocycles. The molecule has 0 radical (unpaired) electrons. The average Bonchev–Trinajstić information content (AvgIpc) is 3.47. The topological polar surface area (TPSA) is 86.9 Å². The summed E-state index contributed by atoms with van der Waals surface area (Å²) in [4.78, 5) is 18.8. The molecule has 148 valence electrons. The second-order valence-electron chi connectivity index (χ2n) is 6.86. The maximum absolute atomic E-state index is 12.6. The molecule has 1 amide bonds. The van der Waals surface area contributed by atoms with Crippen LogP contribution in [-0.4, -0.2) is 36.0 Å². The molecular formula is C21H19N3O5. The zero-order valence-corrected chi connectivity index (χ0v) is 15.8. The lowest BCUT2D eigenvalue weighted by atomic mass is 10.1. The number of amides is 1. The number of carbonyl (C=O) groups is 1. The third kappa shape index (κ3) is 3.26. The number of aromatic nitrogens is 2. The first-order valence-electron chi connectivity index (χ1n) is 9.48. The highest BCUT2D eigenvalue weighted by Crippen LogP contribution is 2.38. The quantitative estimate of drug-likeness (QED) is 0.657. The van der Waals surface area contributed by atoms with Crippen LogP contribution in [0.25, 0.3) is 11.4 Å². The van der Waals surface area contributed by atoms with Crippen LogP contribution in [0, 0.1) is 0 Å². The van der Waals surface area contributed by atoms with Gasteiger partial charge >= 0.3 is 0 Å². The van der Waals surface area contributed by atoms with E-state index in [9.17, 15) is 4.79 Å². The van der Waals surface area contributed by atoms with Crippen LogP contribution < -0.4 is 19.1 Å². The van der Waals surface area contributed by atoms with Crippen molar-refractivity contribution in [2.45, 2.75) is 19.3 Å². The predicted octanol–water partition coefficient (Wildman–Crippen LogP) is 3.38. The van der Waals surface area contributed by atoms with Gasteiger partial charge in [0.25, 0.3) is 0 Å². The van der Waals surface area contributed by atoms with Crippen molar-refractivity contribution in [3.8, 4) is 28.6 Å². The van der Waals surface area contributed by atoms with Crippen LogP contribution in [0.4, 0.5) is 5.69 Å². The van der Waals surface area contributed by atoms with Gasteiger partial charge in [0.2, 0.25) is 24.4 Å². The van der Waals surface area contributed by atoms with Crippen molar-refractivity contribution in [3.63, 3.8) is 0 Å². The van der Waals surface area contributed by atoms with E-state index in [4.69, 9.17) is 18.7 Å². The van der Waals surface area contributed by atoms with Crippen LogP contribution >= 0.6 is 0 Å². The first kappa shape index (κ1) is 17.5. The molecule has 0 aliphatic carbocycles. The molecule has 1 aromatic heterocycles. The van der Waals surface area contributed by atoms with Crippen molar-refractivity contribution >= 4 is 11.6 Å². The zero-order valence-electron chi connectivity index (χ0n) is 15.8. The lowest BCUT2D eigenvalue weighted by Crippen LogP contribution is -2.24. The minimum absolute atomic E-state index is 0.00897. The van der Waals surface area contributed by atoms with Crippen molar-refractivity contribution in [1.82, 2.24) is 10.1 Å². The maximum Gasteiger partial charge on any atom is 0.232 e. The molecule has 2 aliphatic rings. The van der Waals surface area contributed by atoms with Crippen LogP contribution in [0.2, 0.25) is 0 Å². The molecule has 1 saturated heterocycles. The van der Waals surface area contributed by atoms with Crippen molar-refractivity contribution in [2.75, 3.05) is 24.8 Å². The van der Waals surface area contributed by atoms with Gasteiger partial charge in [-0.1, -0.05) is 5.16 Å². The monoisotopic (exact) mass is 393 g/mol. The lowest BCUT2D eigenvalue weighted by Gasteiger charge is -2.16. The number of hydrogen-bond acceptors (Lipinski definition) is 7. The predicted molar refractivity (Wildman–Crippen MR) is 103 cm³/mol. The van der Waals surface area contributed by atoms with Crippen LogP contribution in [0.1, 0.15) is 25.2 Å². The summed E-state index contributed by atoms with van der Waals surface area (Å²) in [6, 6.07) is 13.0. The van der Waals surface area contributed by atoms with Crippen LogP contribution in [-0.2, 0) is 4.79 Å². The Kier molecular flexibility index (Phi) is 4.31. The molecule has 2 aliphatic heterocycles. The van der Waals surface area contributed by atoms with Gasteiger partial charge in [-0.3, -0.25) is 4.79 Å². The second kappa shape index (κ2) is 7.12. The van der Waals surface area contributed by atoms with E-state index in [1.165, 1.54) is 0 Å². The van der Waals surface area contributed by atoms with E-state index >= 15 is 0 Å².